The van der Waals surface area contributed by atoms with Crippen molar-refractivity contribution >= 4 is 18.0 Å². The third-order valence-electron chi connectivity index (χ3n) is 5.93. The first-order valence-corrected chi connectivity index (χ1v) is 9.90. The fourth-order valence-corrected chi connectivity index (χ4v) is 4.50. The lowest BCUT2D eigenvalue weighted by molar-refractivity contribution is -0.143. The standard InChI is InChI=1S/C23H23NO6/c1-29-21(25)11-14-10-20(22(26)27)24(12-14)23(28)30-13-19-17-8-4-2-6-15(17)16-7-3-5-9-18(16)19/h2-9,14,19-20H,10-13H2,1H3,(H,26,27)/t14-,20+/m1/s1. The van der Waals surface area contributed by atoms with Crippen molar-refractivity contribution in [2.75, 3.05) is 20.3 Å². The van der Waals surface area contributed by atoms with Crippen molar-refractivity contribution in [2.45, 2.75) is 24.8 Å². The minimum atomic E-state index is -1.10. The van der Waals surface area contributed by atoms with Gasteiger partial charge in [-0.05, 0) is 34.6 Å². The third-order valence-corrected chi connectivity index (χ3v) is 5.93. The van der Waals surface area contributed by atoms with Crippen LogP contribution in [0, 0.1) is 5.92 Å². The molecule has 30 heavy (non-hydrogen) atoms. The Morgan fingerprint density at radius 3 is 2.20 bits per heavy atom. The molecule has 2 atom stereocenters. The molecule has 2 aliphatic rings. The maximum atomic E-state index is 12.8. The van der Waals surface area contributed by atoms with E-state index in [1.54, 1.807) is 0 Å². The zero-order valence-electron chi connectivity index (χ0n) is 16.6. The van der Waals surface area contributed by atoms with Gasteiger partial charge in [-0.1, -0.05) is 48.5 Å². The number of carboxylic acid groups (broad SMARTS) is 1. The van der Waals surface area contributed by atoms with Gasteiger partial charge in [0.25, 0.3) is 0 Å². The molecule has 1 amide bonds. The minimum absolute atomic E-state index is 0.0768. The molecule has 4 rings (SSSR count). The van der Waals surface area contributed by atoms with Gasteiger partial charge in [0, 0.05) is 12.5 Å². The van der Waals surface area contributed by atoms with E-state index in [-0.39, 0.29) is 37.8 Å². The number of hydrogen-bond donors (Lipinski definition) is 1. The topological polar surface area (TPSA) is 93.1 Å². The van der Waals surface area contributed by atoms with Crippen LogP contribution in [0.4, 0.5) is 4.79 Å². The molecule has 7 nitrogen and oxygen atoms in total. The molecule has 1 aliphatic carbocycles. The number of fused-ring (bicyclic) bond motifs is 3. The highest BCUT2D eigenvalue weighted by Gasteiger charge is 2.41. The summed E-state index contributed by atoms with van der Waals surface area (Å²) in [5, 5.41) is 9.52. The van der Waals surface area contributed by atoms with E-state index >= 15 is 0 Å². The molecule has 156 valence electrons. The second kappa shape index (κ2) is 8.18. The fraction of sp³-hybridized carbons (Fsp3) is 0.348. The van der Waals surface area contributed by atoms with Crippen LogP contribution in [0.5, 0.6) is 0 Å². The molecule has 2 aromatic carbocycles. The predicted octanol–water partition coefficient (Wildman–Crippen LogP) is 3.27. The number of methoxy groups -OCH3 is 1. The van der Waals surface area contributed by atoms with Gasteiger partial charge in [-0.15, -0.1) is 0 Å². The molecule has 0 saturated carbocycles. The van der Waals surface area contributed by atoms with E-state index in [1.807, 2.05) is 48.5 Å². The summed E-state index contributed by atoms with van der Waals surface area (Å²) < 4.78 is 10.3. The number of carbonyl (C=O) groups is 3. The normalized spacial score (nSPS) is 19.8. The maximum Gasteiger partial charge on any atom is 0.410 e. The number of esters is 1. The molecule has 0 aromatic heterocycles. The molecule has 1 heterocycles. The molecule has 1 N–H and O–H groups in total. The van der Waals surface area contributed by atoms with Gasteiger partial charge in [0.15, 0.2) is 0 Å². The number of rotatable bonds is 5. The van der Waals surface area contributed by atoms with Crippen molar-refractivity contribution < 1.29 is 29.0 Å². The fourth-order valence-electron chi connectivity index (χ4n) is 4.50. The summed E-state index contributed by atoms with van der Waals surface area (Å²) >= 11 is 0. The van der Waals surface area contributed by atoms with Crippen molar-refractivity contribution in [1.29, 1.82) is 0 Å². The summed E-state index contributed by atoms with van der Waals surface area (Å²) in [6.07, 6.45) is -0.390. The van der Waals surface area contributed by atoms with Crippen LogP contribution in [0.3, 0.4) is 0 Å². The van der Waals surface area contributed by atoms with Gasteiger partial charge >= 0.3 is 18.0 Å². The van der Waals surface area contributed by atoms with Gasteiger partial charge in [0.05, 0.1) is 13.5 Å². The van der Waals surface area contributed by atoms with E-state index in [4.69, 9.17) is 4.74 Å². The molecule has 2 aromatic rings. The SMILES string of the molecule is COC(=O)C[C@H]1C[C@@H](C(=O)O)N(C(=O)OCC2c3ccccc3-c3ccccc32)C1. The molecular formula is C23H23NO6. The molecule has 1 fully saturated rings. The van der Waals surface area contributed by atoms with Crippen LogP contribution < -0.4 is 0 Å². The first-order valence-electron chi connectivity index (χ1n) is 9.90. The van der Waals surface area contributed by atoms with E-state index < -0.39 is 24.1 Å². The van der Waals surface area contributed by atoms with E-state index in [2.05, 4.69) is 4.74 Å². The highest BCUT2D eigenvalue weighted by Crippen LogP contribution is 2.44. The number of aliphatic carboxylic acids is 1. The summed E-state index contributed by atoms with van der Waals surface area (Å²) in [5.74, 6) is -1.88. The molecule has 1 aliphatic heterocycles. The van der Waals surface area contributed by atoms with Crippen LogP contribution >= 0.6 is 0 Å². The number of amides is 1. The Bertz CT molecular complexity index is 942. The number of ether oxygens (including phenoxy) is 2. The lowest BCUT2D eigenvalue weighted by Gasteiger charge is -2.22. The van der Waals surface area contributed by atoms with Gasteiger partial charge in [-0.3, -0.25) is 9.69 Å². The van der Waals surface area contributed by atoms with Gasteiger partial charge in [0.1, 0.15) is 12.6 Å². The van der Waals surface area contributed by atoms with Gasteiger partial charge in [0.2, 0.25) is 0 Å². The summed E-state index contributed by atoms with van der Waals surface area (Å²) in [5.41, 5.74) is 4.42. The van der Waals surface area contributed by atoms with Gasteiger partial charge < -0.3 is 14.6 Å². The van der Waals surface area contributed by atoms with Crippen molar-refractivity contribution in [1.82, 2.24) is 4.90 Å². The zero-order valence-corrected chi connectivity index (χ0v) is 16.6. The van der Waals surface area contributed by atoms with Crippen LogP contribution in [-0.2, 0) is 19.1 Å². The molecule has 0 radical (unpaired) electrons. The molecule has 1 saturated heterocycles. The Hall–Kier alpha value is -3.35. The highest BCUT2D eigenvalue weighted by atomic mass is 16.6. The first-order chi connectivity index (χ1) is 14.5. The monoisotopic (exact) mass is 409 g/mol. The molecule has 0 bridgehead atoms. The van der Waals surface area contributed by atoms with Crippen molar-refractivity contribution in [3.8, 4) is 11.1 Å². The van der Waals surface area contributed by atoms with E-state index in [0.29, 0.717) is 0 Å². The zero-order chi connectivity index (χ0) is 21.3. The molecular weight excluding hydrogens is 386 g/mol. The summed E-state index contributed by atoms with van der Waals surface area (Å²) in [4.78, 5) is 37.2. The Kier molecular flexibility index (Phi) is 5.44. The number of carbonyl (C=O) groups excluding carboxylic acids is 2. The van der Waals surface area contributed by atoms with Crippen molar-refractivity contribution in [2.24, 2.45) is 5.92 Å². The predicted molar refractivity (Wildman–Crippen MR) is 108 cm³/mol. The quantitative estimate of drug-likeness (QED) is 0.762. The van der Waals surface area contributed by atoms with Crippen LogP contribution in [0.25, 0.3) is 11.1 Å². The Balaban J connectivity index is 1.48. The van der Waals surface area contributed by atoms with E-state index in [1.165, 1.54) is 12.0 Å². The lowest BCUT2D eigenvalue weighted by atomic mass is 9.98. The van der Waals surface area contributed by atoms with Crippen LogP contribution in [0.15, 0.2) is 48.5 Å². The molecule has 0 unspecified atom stereocenters. The average molecular weight is 409 g/mol. The van der Waals surface area contributed by atoms with Crippen LogP contribution in [-0.4, -0.2) is 54.3 Å². The van der Waals surface area contributed by atoms with Crippen molar-refractivity contribution in [3.63, 3.8) is 0 Å². The molecule has 7 heteroatoms. The number of benzene rings is 2. The van der Waals surface area contributed by atoms with E-state index in [9.17, 15) is 19.5 Å². The number of carboxylic acids is 1. The summed E-state index contributed by atoms with van der Waals surface area (Å²) in [6.45, 7) is 0.278. The number of likely N-dealkylation sites (tertiary alicyclic amines) is 1. The van der Waals surface area contributed by atoms with Crippen molar-refractivity contribution in [3.05, 3.63) is 59.7 Å². The number of nitrogens with zero attached hydrogens (tertiary/aromatic N) is 1. The molecule has 0 spiro atoms. The smallest absolute Gasteiger partial charge is 0.410 e. The first kappa shape index (κ1) is 19.9. The average Bonchev–Trinajstić information content (AvgIpc) is 3.32. The largest absolute Gasteiger partial charge is 0.480 e. The lowest BCUT2D eigenvalue weighted by Crippen LogP contribution is -2.41. The Labute approximate surface area is 174 Å². The maximum absolute atomic E-state index is 12.8. The summed E-state index contributed by atoms with van der Waals surface area (Å²) in [6, 6.07) is 15.0. The Morgan fingerprint density at radius 1 is 1.03 bits per heavy atom. The van der Waals surface area contributed by atoms with E-state index in [0.717, 1.165) is 22.3 Å². The highest BCUT2D eigenvalue weighted by molar-refractivity contribution is 5.82. The summed E-state index contributed by atoms with van der Waals surface area (Å²) in [7, 11) is 1.29. The van der Waals surface area contributed by atoms with Gasteiger partial charge in [-0.2, -0.15) is 0 Å². The second-order valence-corrected chi connectivity index (χ2v) is 7.69. The van der Waals surface area contributed by atoms with Crippen LogP contribution in [0.1, 0.15) is 29.9 Å². The number of hydrogen-bond acceptors (Lipinski definition) is 5. The third kappa shape index (κ3) is 3.63. The second-order valence-electron chi connectivity index (χ2n) is 7.69. The van der Waals surface area contributed by atoms with Crippen LogP contribution in [0.2, 0.25) is 0 Å². The van der Waals surface area contributed by atoms with Gasteiger partial charge in [-0.25, -0.2) is 9.59 Å². The Morgan fingerprint density at radius 2 is 1.63 bits per heavy atom. The minimum Gasteiger partial charge on any atom is -0.480 e.